The van der Waals surface area contributed by atoms with Gasteiger partial charge in [-0.25, -0.2) is 4.79 Å². The van der Waals surface area contributed by atoms with E-state index in [1.54, 1.807) is 0 Å². The van der Waals surface area contributed by atoms with Crippen molar-refractivity contribution in [2.45, 2.75) is 78.9 Å². The first kappa shape index (κ1) is 31.9. The number of allylic oxidation sites excluding steroid dienone is 1. The summed E-state index contributed by atoms with van der Waals surface area (Å²) in [5.41, 5.74) is 6.05. The van der Waals surface area contributed by atoms with Crippen LogP contribution in [0.15, 0.2) is 78.6 Å². The third kappa shape index (κ3) is 7.78. The Kier molecular flexibility index (Phi) is 9.11. The van der Waals surface area contributed by atoms with Crippen LogP contribution in [0.5, 0.6) is 5.75 Å². The van der Waals surface area contributed by atoms with Crippen LogP contribution in [-0.2, 0) is 5.41 Å². The molecule has 2 aromatic heterocycles. The number of amides is 2. The zero-order valence-electron chi connectivity index (χ0n) is 27.4. The molecule has 2 heterocycles. The summed E-state index contributed by atoms with van der Waals surface area (Å²) in [6, 6.07) is 19.9. The summed E-state index contributed by atoms with van der Waals surface area (Å²) in [5, 5.41) is 25.5. The monoisotopic (exact) mass is 608 g/mol. The first-order chi connectivity index (χ1) is 21.3. The standard InChI is InChI=1S/C36H45N7O2/c1-23-12-14-24(15-13-23)39-25(20-31(37)35(2,3)4)21-38-34(44)40-29-17-18-30(28-11-9-8-10-27(28)29)45-26-16-19-32-41-42-33(36(5,6)7)43(32)22-26/h8-16,19-20,22,29-30,37,39H,17-18,21H2,1-7H3,(H2,38,40,44)/p+1. The van der Waals surface area contributed by atoms with Crippen LogP contribution in [0.4, 0.5) is 10.5 Å². The van der Waals surface area contributed by atoms with E-state index in [-0.39, 0.29) is 29.0 Å². The summed E-state index contributed by atoms with van der Waals surface area (Å²) in [5.74, 6) is 1.63. The number of benzene rings is 2. The number of pyridine rings is 1. The van der Waals surface area contributed by atoms with Crippen LogP contribution >= 0.6 is 0 Å². The molecule has 236 valence electrons. The molecule has 2 aromatic carbocycles. The van der Waals surface area contributed by atoms with Gasteiger partial charge in [-0.3, -0.25) is 9.72 Å². The Balaban J connectivity index is 1.27. The topological polar surface area (TPSA) is 121 Å². The number of hydrogen-bond acceptors (Lipinski definition) is 5. The summed E-state index contributed by atoms with van der Waals surface area (Å²) in [4.78, 5) is 13.2. The molecule has 5 N–H and O–H groups in total. The van der Waals surface area contributed by atoms with Crippen LogP contribution in [-0.4, -0.2) is 32.9 Å². The minimum Gasteiger partial charge on any atom is -0.484 e. The van der Waals surface area contributed by atoms with Gasteiger partial charge in [0.25, 0.3) is 0 Å². The number of aryl methyl sites for hydroxylation is 1. The van der Waals surface area contributed by atoms with Gasteiger partial charge in [0.2, 0.25) is 0 Å². The first-order valence-electron chi connectivity index (χ1n) is 15.6. The number of carbonyl (C=O) groups is 1. The van der Waals surface area contributed by atoms with E-state index >= 15 is 0 Å². The number of nitrogens with two attached hydrogens (primary N) is 1. The molecule has 2 amide bonds. The van der Waals surface area contributed by atoms with Gasteiger partial charge in [0.05, 0.1) is 18.8 Å². The second kappa shape index (κ2) is 12.9. The number of nitrogens with zero attached hydrogens (tertiary/aromatic N) is 3. The number of urea groups is 1. The zero-order chi connectivity index (χ0) is 32.4. The van der Waals surface area contributed by atoms with E-state index in [1.165, 1.54) is 5.56 Å². The summed E-state index contributed by atoms with van der Waals surface area (Å²) in [6.07, 6.45) is 5.18. The van der Waals surface area contributed by atoms with E-state index in [4.69, 9.17) is 10.1 Å². The van der Waals surface area contributed by atoms with Crippen molar-refractivity contribution in [3.05, 3.63) is 101 Å². The molecule has 45 heavy (non-hydrogen) atoms. The van der Waals surface area contributed by atoms with Gasteiger partial charge in [-0.15, -0.1) is 10.2 Å². The highest BCUT2D eigenvalue weighted by atomic mass is 16.5. The lowest BCUT2D eigenvalue weighted by molar-refractivity contribution is -0.518. The third-order valence-corrected chi connectivity index (χ3v) is 8.09. The quantitative estimate of drug-likeness (QED) is 0.136. The van der Waals surface area contributed by atoms with E-state index in [0.29, 0.717) is 12.3 Å². The number of carbonyl (C=O) groups excluding carboxylic acids is 1. The maximum Gasteiger partial charge on any atom is 0.315 e. The molecular weight excluding hydrogens is 562 g/mol. The Labute approximate surface area is 266 Å². The molecule has 0 bridgehead atoms. The van der Waals surface area contributed by atoms with E-state index in [9.17, 15) is 4.79 Å². The molecule has 9 nitrogen and oxygen atoms in total. The molecule has 0 saturated heterocycles. The van der Waals surface area contributed by atoms with Gasteiger partial charge in [0.1, 0.15) is 29.1 Å². The fraction of sp³-hybridized carbons (Fsp3) is 0.389. The molecule has 0 radical (unpaired) electrons. The second-order valence-electron chi connectivity index (χ2n) is 14.0. The summed E-state index contributed by atoms with van der Waals surface area (Å²) in [7, 11) is 0. The van der Waals surface area contributed by atoms with Gasteiger partial charge in [0, 0.05) is 22.6 Å². The van der Waals surface area contributed by atoms with Gasteiger partial charge in [0.15, 0.2) is 5.65 Å². The van der Waals surface area contributed by atoms with Crippen molar-refractivity contribution in [1.82, 2.24) is 25.2 Å². The maximum absolute atomic E-state index is 13.2. The highest BCUT2D eigenvalue weighted by Gasteiger charge is 2.30. The Bertz CT molecular complexity index is 1710. The Morgan fingerprint density at radius 2 is 1.71 bits per heavy atom. The molecule has 5 rings (SSSR count). The number of quaternary nitrogens is 1. The lowest BCUT2D eigenvalue weighted by atomic mass is 9.85. The molecule has 9 heteroatoms. The summed E-state index contributed by atoms with van der Waals surface area (Å²) < 4.78 is 8.55. The highest BCUT2D eigenvalue weighted by Crippen LogP contribution is 2.39. The van der Waals surface area contributed by atoms with Crippen molar-refractivity contribution in [1.29, 1.82) is 5.41 Å². The van der Waals surface area contributed by atoms with Crippen molar-refractivity contribution in [2.24, 2.45) is 5.41 Å². The highest BCUT2D eigenvalue weighted by molar-refractivity contribution is 5.96. The Morgan fingerprint density at radius 3 is 2.40 bits per heavy atom. The number of hydrogen-bond donors (Lipinski definition) is 4. The van der Waals surface area contributed by atoms with Gasteiger partial charge in [-0.1, -0.05) is 83.5 Å². The van der Waals surface area contributed by atoms with Crippen LogP contribution in [0.25, 0.3) is 5.65 Å². The van der Waals surface area contributed by atoms with E-state index in [1.807, 2.05) is 67.0 Å². The van der Waals surface area contributed by atoms with Crippen molar-refractivity contribution in [2.75, 3.05) is 6.54 Å². The predicted molar refractivity (Wildman–Crippen MR) is 178 cm³/mol. The smallest absolute Gasteiger partial charge is 0.315 e. The molecule has 0 saturated carbocycles. The minimum absolute atomic E-state index is 0.142. The van der Waals surface area contributed by atoms with Gasteiger partial charge >= 0.3 is 6.03 Å². The summed E-state index contributed by atoms with van der Waals surface area (Å²) >= 11 is 0. The molecular formula is C36H46N7O2+. The van der Waals surface area contributed by atoms with Crippen LogP contribution in [0, 0.1) is 17.7 Å². The fourth-order valence-corrected chi connectivity index (χ4v) is 5.45. The second-order valence-corrected chi connectivity index (χ2v) is 14.0. The molecule has 0 spiro atoms. The fourth-order valence-electron chi connectivity index (χ4n) is 5.45. The predicted octanol–water partition coefficient (Wildman–Crippen LogP) is 6.43. The largest absolute Gasteiger partial charge is 0.484 e. The lowest BCUT2D eigenvalue weighted by Gasteiger charge is -2.32. The van der Waals surface area contributed by atoms with Crippen LogP contribution < -0.4 is 20.7 Å². The third-order valence-electron chi connectivity index (χ3n) is 8.09. The van der Waals surface area contributed by atoms with Crippen LogP contribution in [0.3, 0.4) is 0 Å². The Hall–Kier alpha value is -4.50. The van der Waals surface area contributed by atoms with Crippen molar-refractivity contribution >= 4 is 23.1 Å². The SMILES string of the molecule is Cc1ccc([NH2+]C(=CC(=N)C(C)(C)C)CNC(=O)NC2CCC(Oc3ccc4nnc(C(C)(C)C)n4c3)c3ccccc32)cc1. The molecule has 0 fully saturated rings. The maximum atomic E-state index is 13.2. The average Bonchev–Trinajstić information content (AvgIpc) is 3.42. The van der Waals surface area contributed by atoms with E-state index in [0.717, 1.165) is 52.6 Å². The molecule has 1 aliphatic carbocycles. The number of nitrogens with one attached hydrogen (secondary N) is 3. The number of aromatic nitrogens is 3. The molecule has 0 aliphatic heterocycles. The van der Waals surface area contributed by atoms with Crippen molar-refractivity contribution in [3.63, 3.8) is 0 Å². The Morgan fingerprint density at radius 1 is 1.00 bits per heavy atom. The lowest BCUT2D eigenvalue weighted by Crippen LogP contribution is -2.77. The van der Waals surface area contributed by atoms with Gasteiger partial charge < -0.3 is 20.8 Å². The molecule has 4 aromatic rings. The minimum atomic E-state index is -0.296. The van der Waals surface area contributed by atoms with E-state index < -0.39 is 0 Å². The summed E-state index contributed by atoms with van der Waals surface area (Å²) in [6.45, 7) is 14.8. The molecule has 2 atom stereocenters. The number of ether oxygens (including phenoxy) is 1. The van der Waals surface area contributed by atoms with Crippen molar-refractivity contribution in [3.8, 4) is 5.75 Å². The van der Waals surface area contributed by atoms with Crippen molar-refractivity contribution < 1.29 is 14.8 Å². The van der Waals surface area contributed by atoms with Crippen LogP contribution in [0.1, 0.15) is 89.0 Å². The van der Waals surface area contributed by atoms with Crippen LogP contribution in [0.2, 0.25) is 0 Å². The van der Waals surface area contributed by atoms with Gasteiger partial charge in [-0.05, 0) is 55.2 Å². The number of rotatable bonds is 8. The van der Waals surface area contributed by atoms with E-state index in [2.05, 4.69) is 84.9 Å². The zero-order valence-corrected chi connectivity index (χ0v) is 27.4. The van der Waals surface area contributed by atoms with Gasteiger partial charge in [-0.2, -0.15) is 0 Å². The first-order valence-corrected chi connectivity index (χ1v) is 15.6. The average molecular weight is 609 g/mol. The molecule has 2 unspecified atom stereocenters. The molecule has 1 aliphatic rings. The number of fused-ring (bicyclic) bond motifs is 2. The normalized spacial score (nSPS) is 17.1.